The van der Waals surface area contributed by atoms with Crippen molar-refractivity contribution in [3.63, 3.8) is 0 Å². The highest BCUT2D eigenvalue weighted by Gasteiger charge is 2.20. The Morgan fingerprint density at radius 1 is 0.365 bits per heavy atom. The van der Waals surface area contributed by atoms with Crippen molar-refractivity contribution in [1.82, 2.24) is 5.32 Å². The van der Waals surface area contributed by atoms with Gasteiger partial charge in [0.15, 0.2) is 0 Å². The molecule has 0 aromatic heterocycles. The third-order valence-electron chi connectivity index (χ3n) is 10.7. The molecule has 1 aliphatic heterocycles. The summed E-state index contributed by atoms with van der Waals surface area (Å²) in [6, 6.07) is 66.5. The number of hydrogen-bond acceptors (Lipinski definition) is 1. The number of allylic oxidation sites excluding steroid dienone is 2. The molecule has 0 radical (unpaired) electrons. The second-order valence-electron chi connectivity index (χ2n) is 13.7. The van der Waals surface area contributed by atoms with E-state index in [1.807, 2.05) is 0 Å². The van der Waals surface area contributed by atoms with Crippen LogP contribution in [0.3, 0.4) is 0 Å². The molecule has 1 N–H and O–H groups in total. The van der Waals surface area contributed by atoms with E-state index in [1.54, 1.807) is 0 Å². The number of fused-ring (bicyclic) bond motifs is 4. The van der Waals surface area contributed by atoms with Gasteiger partial charge < -0.3 is 5.32 Å². The van der Waals surface area contributed by atoms with E-state index in [4.69, 9.17) is 0 Å². The maximum atomic E-state index is 3.70. The lowest BCUT2D eigenvalue weighted by molar-refractivity contribution is 0.755. The van der Waals surface area contributed by atoms with Gasteiger partial charge in [0.1, 0.15) is 0 Å². The lowest BCUT2D eigenvalue weighted by Crippen LogP contribution is -2.16. The predicted octanol–water partition coefficient (Wildman–Crippen LogP) is 13.5. The first-order valence-corrected chi connectivity index (χ1v) is 18.1. The minimum atomic E-state index is 0.122. The van der Waals surface area contributed by atoms with E-state index >= 15 is 0 Å². The van der Waals surface area contributed by atoms with E-state index in [2.05, 4.69) is 206 Å². The van der Waals surface area contributed by atoms with Crippen LogP contribution in [-0.2, 0) is 0 Å². The monoisotopic (exact) mass is 661 g/mol. The Morgan fingerprint density at radius 3 is 1.60 bits per heavy atom. The molecular weight excluding hydrogens is 627 g/mol. The molecule has 0 aliphatic carbocycles. The smallest absolute Gasteiger partial charge is 0.0702 e. The van der Waals surface area contributed by atoms with Gasteiger partial charge in [-0.25, -0.2) is 0 Å². The van der Waals surface area contributed by atoms with Crippen LogP contribution in [0.25, 0.3) is 82.0 Å². The van der Waals surface area contributed by atoms with Crippen LogP contribution in [0.2, 0.25) is 0 Å². The summed E-state index contributed by atoms with van der Waals surface area (Å²) in [5, 5.41) is 13.8. The van der Waals surface area contributed by atoms with Crippen LogP contribution in [0.4, 0.5) is 0 Å². The van der Waals surface area contributed by atoms with Gasteiger partial charge in [-0.1, -0.05) is 188 Å². The molecule has 1 heteroatoms. The molecule has 10 rings (SSSR count). The van der Waals surface area contributed by atoms with E-state index in [1.165, 1.54) is 93.2 Å². The van der Waals surface area contributed by atoms with Gasteiger partial charge in [-0.05, 0) is 99.2 Å². The second-order valence-corrected chi connectivity index (χ2v) is 13.7. The summed E-state index contributed by atoms with van der Waals surface area (Å²) < 4.78 is 0. The van der Waals surface area contributed by atoms with Crippen molar-refractivity contribution in [1.29, 1.82) is 0 Å². The maximum absolute atomic E-state index is 3.70. The molecule has 1 atom stereocenters. The zero-order chi connectivity index (χ0) is 34.4. The van der Waals surface area contributed by atoms with Crippen LogP contribution >= 0.6 is 0 Å². The fourth-order valence-corrected chi connectivity index (χ4v) is 8.36. The highest BCUT2D eigenvalue weighted by atomic mass is 14.9. The lowest BCUT2D eigenvalue weighted by atomic mass is 9.83. The fourth-order valence-electron chi connectivity index (χ4n) is 8.36. The van der Waals surface area contributed by atoms with Gasteiger partial charge in [0, 0.05) is 6.20 Å². The van der Waals surface area contributed by atoms with Crippen molar-refractivity contribution in [2.45, 2.75) is 6.04 Å². The minimum Gasteiger partial charge on any atom is -0.380 e. The van der Waals surface area contributed by atoms with Gasteiger partial charge in [0.05, 0.1) is 6.04 Å². The number of hydrogen-bond donors (Lipinski definition) is 1. The second kappa shape index (κ2) is 12.6. The average molecular weight is 662 g/mol. The molecule has 9 aromatic rings. The van der Waals surface area contributed by atoms with Crippen molar-refractivity contribution in [3.8, 4) is 33.4 Å². The van der Waals surface area contributed by atoms with Crippen molar-refractivity contribution < 1.29 is 0 Å². The molecule has 1 aliphatic rings. The molecule has 0 amide bonds. The first-order chi connectivity index (χ1) is 25.8. The third-order valence-corrected chi connectivity index (χ3v) is 10.7. The molecule has 1 nitrogen and oxygen atoms in total. The van der Waals surface area contributed by atoms with E-state index in [0.717, 1.165) is 0 Å². The zero-order valence-corrected chi connectivity index (χ0v) is 28.6. The molecule has 0 spiro atoms. The van der Waals surface area contributed by atoms with E-state index in [0.29, 0.717) is 0 Å². The molecule has 52 heavy (non-hydrogen) atoms. The summed E-state index contributed by atoms with van der Waals surface area (Å²) in [6.07, 6.45) is 6.73. The largest absolute Gasteiger partial charge is 0.380 e. The van der Waals surface area contributed by atoms with E-state index in [9.17, 15) is 0 Å². The topological polar surface area (TPSA) is 12.0 Å². The normalized spacial score (nSPS) is 14.2. The summed E-state index contributed by atoms with van der Waals surface area (Å²) >= 11 is 0. The van der Waals surface area contributed by atoms with Gasteiger partial charge in [0.25, 0.3) is 0 Å². The highest BCUT2D eigenvalue weighted by Crippen LogP contribution is 2.46. The summed E-state index contributed by atoms with van der Waals surface area (Å²) in [6.45, 7) is 0. The third kappa shape index (κ3) is 5.01. The lowest BCUT2D eigenvalue weighted by Gasteiger charge is -2.22. The first-order valence-electron chi connectivity index (χ1n) is 18.1. The molecular formula is C51H35N. The van der Waals surface area contributed by atoms with E-state index in [-0.39, 0.29) is 6.04 Å². The Balaban J connectivity index is 1.11. The Morgan fingerprint density at radius 2 is 0.885 bits per heavy atom. The Labute approximate surface area is 303 Å². The molecule has 244 valence electrons. The quantitative estimate of drug-likeness (QED) is 0.181. The maximum Gasteiger partial charge on any atom is 0.0702 e. The number of dihydropyridines is 1. The molecule has 9 aromatic carbocycles. The molecule has 0 saturated heterocycles. The first kappa shape index (κ1) is 30.2. The highest BCUT2D eigenvalue weighted by molar-refractivity contribution is 6.24. The molecule has 1 unspecified atom stereocenters. The van der Waals surface area contributed by atoms with Gasteiger partial charge in [-0.2, -0.15) is 0 Å². The Bertz CT molecular complexity index is 2810. The SMILES string of the molecule is C1=CC(c2cccc3ccccc23)NC=C1c1cccc(-c2c3ccccc3c(-c3cccc4c(-c5ccccc5)cccc34)c3ccccc23)c1. The summed E-state index contributed by atoms with van der Waals surface area (Å²) in [4.78, 5) is 0. The predicted molar refractivity (Wildman–Crippen MR) is 222 cm³/mol. The van der Waals surface area contributed by atoms with Crippen LogP contribution in [0.1, 0.15) is 17.2 Å². The molecule has 1 heterocycles. The van der Waals surface area contributed by atoms with Crippen molar-refractivity contribution in [3.05, 3.63) is 211 Å². The minimum absolute atomic E-state index is 0.122. The van der Waals surface area contributed by atoms with Crippen LogP contribution in [0.15, 0.2) is 200 Å². The van der Waals surface area contributed by atoms with Crippen molar-refractivity contribution in [2.75, 3.05) is 0 Å². The summed E-state index contributed by atoms with van der Waals surface area (Å²) in [5.74, 6) is 0. The van der Waals surface area contributed by atoms with Gasteiger partial charge in [-0.15, -0.1) is 0 Å². The average Bonchev–Trinajstić information content (AvgIpc) is 3.22. The Hall–Kier alpha value is -6.70. The summed E-state index contributed by atoms with van der Waals surface area (Å²) in [5.41, 5.74) is 11.2. The van der Waals surface area contributed by atoms with Crippen LogP contribution in [0.5, 0.6) is 0 Å². The van der Waals surface area contributed by atoms with E-state index < -0.39 is 0 Å². The Kier molecular flexibility index (Phi) is 7.29. The summed E-state index contributed by atoms with van der Waals surface area (Å²) in [7, 11) is 0. The van der Waals surface area contributed by atoms with Crippen LogP contribution < -0.4 is 5.32 Å². The zero-order valence-electron chi connectivity index (χ0n) is 28.6. The van der Waals surface area contributed by atoms with Crippen molar-refractivity contribution in [2.24, 2.45) is 0 Å². The van der Waals surface area contributed by atoms with Gasteiger partial charge in [0.2, 0.25) is 0 Å². The number of nitrogens with one attached hydrogen (secondary N) is 1. The van der Waals surface area contributed by atoms with Gasteiger partial charge in [-0.3, -0.25) is 0 Å². The fraction of sp³-hybridized carbons (Fsp3) is 0.0196. The van der Waals surface area contributed by atoms with Gasteiger partial charge >= 0.3 is 0 Å². The molecule has 0 bridgehead atoms. The van der Waals surface area contributed by atoms with Crippen molar-refractivity contribution >= 4 is 48.7 Å². The standard InChI is InChI=1S/C51H35N/c1-2-14-34(15-3-1)39-25-12-27-42-41(39)26-13-29-44(42)51-47-23-8-6-21-45(47)50(46-22-7-9-24-48(46)51)37-19-10-18-36(32-37)38-30-31-49(52-33-38)43-28-11-17-35-16-4-5-20-40(35)43/h1-33,49,52H. The number of benzene rings is 9. The van der Waals surface area contributed by atoms with Crippen LogP contribution in [-0.4, -0.2) is 0 Å². The van der Waals surface area contributed by atoms with Crippen LogP contribution in [0, 0.1) is 0 Å². The molecule has 0 saturated carbocycles. The number of rotatable bonds is 5. The molecule has 0 fully saturated rings.